The SMILES string of the molecule is CCCCC1=CN(CC)CN(C)C1. The Balaban J connectivity index is 2.45. The van der Waals surface area contributed by atoms with E-state index < -0.39 is 0 Å². The van der Waals surface area contributed by atoms with Gasteiger partial charge in [-0.2, -0.15) is 0 Å². The highest BCUT2D eigenvalue weighted by molar-refractivity contribution is 5.06. The van der Waals surface area contributed by atoms with Gasteiger partial charge < -0.3 is 4.90 Å². The maximum Gasteiger partial charge on any atom is 0.0701 e. The fraction of sp³-hybridized carbons (Fsp3) is 0.818. The van der Waals surface area contributed by atoms with E-state index in [1.807, 2.05) is 0 Å². The molecule has 0 aliphatic carbocycles. The molecule has 1 rings (SSSR count). The normalized spacial score (nSPS) is 19.0. The maximum absolute atomic E-state index is 2.38. The molecule has 0 N–H and O–H groups in total. The predicted molar refractivity (Wildman–Crippen MR) is 57.5 cm³/mol. The van der Waals surface area contributed by atoms with Gasteiger partial charge in [-0.3, -0.25) is 4.90 Å². The highest BCUT2D eigenvalue weighted by Gasteiger charge is 2.12. The minimum Gasteiger partial charge on any atom is -0.365 e. The molecule has 0 saturated carbocycles. The Morgan fingerprint density at radius 3 is 2.77 bits per heavy atom. The van der Waals surface area contributed by atoms with E-state index >= 15 is 0 Å². The summed E-state index contributed by atoms with van der Waals surface area (Å²) in [6.07, 6.45) is 6.26. The van der Waals surface area contributed by atoms with Gasteiger partial charge in [0.2, 0.25) is 0 Å². The third-order valence-electron chi connectivity index (χ3n) is 2.52. The molecule has 0 saturated heterocycles. The molecule has 0 aromatic rings. The highest BCUT2D eigenvalue weighted by Crippen LogP contribution is 2.14. The average Bonchev–Trinajstić information content (AvgIpc) is 2.14. The van der Waals surface area contributed by atoms with Crippen LogP contribution in [0.2, 0.25) is 0 Å². The van der Waals surface area contributed by atoms with E-state index in [9.17, 15) is 0 Å². The molecular formula is C11H22N2. The third kappa shape index (κ3) is 3.39. The Morgan fingerprint density at radius 1 is 1.38 bits per heavy atom. The average molecular weight is 182 g/mol. The molecule has 2 heteroatoms. The molecule has 13 heavy (non-hydrogen) atoms. The van der Waals surface area contributed by atoms with Crippen LogP contribution in [-0.2, 0) is 0 Å². The minimum atomic E-state index is 1.09. The van der Waals surface area contributed by atoms with E-state index in [2.05, 4.69) is 36.9 Å². The van der Waals surface area contributed by atoms with Gasteiger partial charge >= 0.3 is 0 Å². The van der Waals surface area contributed by atoms with Crippen molar-refractivity contribution in [3.63, 3.8) is 0 Å². The summed E-state index contributed by atoms with van der Waals surface area (Å²) in [6, 6.07) is 0. The smallest absolute Gasteiger partial charge is 0.0701 e. The summed E-state index contributed by atoms with van der Waals surface area (Å²) < 4.78 is 0. The van der Waals surface area contributed by atoms with Crippen molar-refractivity contribution in [3.8, 4) is 0 Å². The van der Waals surface area contributed by atoms with E-state index in [1.54, 1.807) is 5.57 Å². The van der Waals surface area contributed by atoms with Gasteiger partial charge in [0.15, 0.2) is 0 Å². The standard InChI is InChI=1S/C11H22N2/c1-4-6-7-11-8-12(3)10-13(5-2)9-11/h9H,4-8,10H2,1-3H3. The molecule has 0 bridgehead atoms. The van der Waals surface area contributed by atoms with Crippen LogP contribution in [-0.4, -0.2) is 36.6 Å². The van der Waals surface area contributed by atoms with Crippen LogP contribution in [0.15, 0.2) is 11.8 Å². The van der Waals surface area contributed by atoms with Crippen LogP contribution in [0.3, 0.4) is 0 Å². The molecule has 76 valence electrons. The van der Waals surface area contributed by atoms with Crippen molar-refractivity contribution in [3.05, 3.63) is 11.8 Å². The lowest BCUT2D eigenvalue weighted by atomic mass is 10.1. The van der Waals surface area contributed by atoms with Gasteiger partial charge in [0.1, 0.15) is 0 Å². The number of hydrogen-bond donors (Lipinski definition) is 0. The minimum absolute atomic E-state index is 1.09. The zero-order valence-electron chi connectivity index (χ0n) is 9.21. The Bertz CT molecular complexity index is 175. The first kappa shape index (κ1) is 10.6. The summed E-state index contributed by atoms with van der Waals surface area (Å²) in [5, 5.41) is 0. The Labute approximate surface area is 82.2 Å². The zero-order valence-corrected chi connectivity index (χ0v) is 9.21. The summed E-state index contributed by atoms with van der Waals surface area (Å²) in [7, 11) is 2.20. The second-order valence-electron chi connectivity index (χ2n) is 3.95. The largest absolute Gasteiger partial charge is 0.365 e. The van der Waals surface area contributed by atoms with E-state index in [4.69, 9.17) is 0 Å². The molecule has 0 atom stereocenters. The fourth-order valence-corrected chi connectivity index (χ4v) is 1.79. The van der Waals surface area contributed by atoms with E-state index in [1.165, 1.54) is 19.3 Å². The molecule has 0 unspecified atom stereocenters. The summed E-state index contributed by atoms with van der Waals surface area (Å²) in [4.78, 5) is 4.77. The van der Waals surface area contributed by atoms with Gasteiger partial charge in [0, 0.05) is 19.3 Å². The van der Waals surface area contributed by atoms with E-state index in [-0.39, 0.29) is 0 Å². The van der Waals surface area contributed by atoms with Crippen molar-refractivity contribution in [2.45, 2.75) is 33.1 Å². The fourth-order valence-electron chi connectivity index (χ4n) is 1.79. The second kappa shape index (κ2) is 5.28. The van der Waals surface area contributed by atoms with Crippen molar-refractivity contribution in [1.82, 2.24) is 9.80 Å². The van der Waals surface area contributed by atoms with Crippen LogP contribution < -0.4 is 0 Å². The summed E-state index contributed by atoms with van der Waals surface area (Å²) >= 11 is 0. The van der Waals surface area contributed by atoms with Gasteiger partial charge in [-0.25, -0.2) is 0 Å². The second-order valence-corrected chi connectivity index (χ2v) is 3.95. The lowest BCUT2D eigenvalue weighted by Crippen LogP contribution is -2.38. The van der Waals surface area contributed by atoms with Crippen molar-refractivity contribution < 1.29 is 0 Å². The van der Waals surface area contributed by atoms with Crippen molar-refractivity contribution in [1.29, 1.82) is 0 Å². The van der Waals surface area contributed by atoms with Crippen LogP contribution in [0.4, 0.5) is 0 Å². The van der Waals surface area contributed by atoms with Crippen molar-refractivity contribution in [2.24, 2.45) is 0 Å². The molecule has 0 spiro atoms. The lowest BCUT2D eigenvalue weighted by Gasteiger charge is -2.32. The summed E-state index contributed by atoms with van der Waals surface area (Å²) in [5.41, 5.74) is 1.59. The zero-order chi connectivity index (χ0) is 9.68. The van der Waals surface area contributed by atoms with Crippen LogP contribution >= 0.6 is 0 Å². The number of likely N-dealkylation sites (N-methyl/N-ethyl adjacent to an activating group) is 1. The highest BCUT2D eigenvalue weighted by atomic mass is 15.3. The van der Waals surface area contributed by atoms with Gasteiger partial charge in [0.05, 0.1) is 6.67 Å². The van der Waals surface area contributed by atoms with Gasteiger partial charge in [-0.05, 0) is 32.4 Å². The van der Waals surface area contributed by atoms with Gasteiger partial charge in [0.25, 0.3) is 0 Å². The first-order chi connectivity index (χ1) is 6.26. The molecule has 0 radical (unpaired) electrons. The predicted octanol–water partition coefficient (Wildman–Crippen LogP) is 2.29. The van der Waals surface area contributed by atoms with Crippen LogP contribution in [0.1, 0.15) is 33.1 Å². The third-order valence-corrected chi connectivity index (χ3v) is 2.52. The van der Waals surface area contributed by atoms with E-state index in [0.717, 1.165) is 19.8 Å². The van der Waals surface area contributed by atoms with Gasteiger partial charge in [-0.1, -0.05) is 13.3 Å². The molecule has 0 amide bonds. The molecule has 0 aromatic heterocycles. The number of unbranched alkanes of at least 4 members (excludes halogenated alkanes) is 1. The summed E-state index contributed by atoms with van der Waals surface area (Å²) in [6.45, 7) is 7.85. The van der Waals surface area contributed by atoms with Crippen molar-refractivity contribution >= 4 is 0 Å². The first-order valence-electron chi connectivity index (χ1n) is 5.38. The quantitative estimate of drug-likeness (QED) is 0.658. The topological polar surface area (TPSA) is 6.48 Å². The van der Waals surface area contributed by atoms with Gasteiger partial charge in [-0.15, -0.1) is 0 Å². The molecule has 2 nitrogen and oxygen atoms in total. The number of nitrogens with zero attached hydrogens (tertiary/aromatic N) is 2. The Morgan fingerprint density at radius 2 is 2.15 bits per heavy atom. The number of hydrogen-bond acceptors (Lipinski definition) is 2. The summed E-state index contributed by atoms with van der Waals surface area (Å²) in [5.74, 6) is 0. The van der Waals surface area contributed by atoms with E-state index in [0.29, 0.717) is 0 Å². The molecule has 1 aliphatic heterocycles. The molecule has 0 aromatic carbocycles. The van der Waals surface area contributed by atoms with Crippen LogP contribution in [0.25, 0.3) is 0 Å². The molecule has 0 fully saturated rings. The maximum atomic E-state index is 2.38. The monoisotopic (exact) mass is 182 g/mol. The first-order valence-corrected chi connectivity index (χ1v) is 5.38. The molecule has 1 heterocycles. The lowest BCUT2D eigenvalue weighted by molar-refractivity contribution is 0.197. The molecular weight excluding hydrogens is 160 g/mol. The van der Waals surface area contributed by atoms with Crippen molar-refractivity contribution in [2.75, 3.05) is 26.8 Å². The number of rotatable bonds is 4. The Kier molecular flexibility index (Phi) is 4.29. The molecule has 1 aliphatic rings. The van der Waals surface area contributed by atoms with Crippen LogP contribution in [0, 0.1) is 0 Å². The van der Waals surface area contributed by atoms with Crippen LogP contribution in [0.5, 0.6) is 0 Å². The Hall–Kier alpha value is -0.500.